The number of hydrogen-bond donors (Lipinski definition) is 3. The predicted molar refractivity (Wildman–Crippen MR) is 104 cm³/mol. The van der Waals surface area contributed by atoms with Crippen LogP contribution in [0.1, 0.15) is 26.1 Å². The van der Waals surface area contributed by atoms with E-state index in [0.717, 1.165) is 16.3 Å². The molecule has 1 aromatic rings. The van der Waals surface area contributed by atoms with Crippen molar-refractivity contribution in [3.8, 4) is 0 Å². The first-order valence-electron chi connectivity index (χ1n) is 8.76. The van der Waals surface area contributed by atoms with E-state index in [0.29, 0.717) is 0 Å². The highest BCUT2D eigenvalue weighted by Gasteiger charge is 2.45. The largest absolute Gasteiger partial charge is 0.504 e. The standard InChI is InChI=1S/C15H23FN3O10PS/c1-15(2,3)13(21)25-7-27-30(23,24)29-28-26-6-8-11(20)10(16)12(31-8)19-5-4-9(17)18-14(19)22/h4-5,8,10-12,20H,6-7H2,1-3H3,(H,23,24)(H2,17,18,22)/t8-,10+,11-,12-/m1/s1. The number of rotatable bonds is 9. The SMILES string of the molecule is CC(C)(C)C(=O)OCOP(=O)(O)OOOC[C@H]1S[C@@H](n2ccc(N)nc2=O)[C@@H](F)[C@@H]1O. The summed E-state index contributed by atoms with van der Waals surface area (Å²) in [6.07, 6.45) is -2.14. The second-order valence-electron chi connectivity index (χ2n) is 7.37. The molecule has 0 aromatic carbocycles. The fourth-order valence-electron chi connectivity index (χ4n) is 2.22. The summed E-state index contributed by atoms with van der Waals surface area (Å²) < 4.78 is 40.1. The lowest BCUT2D eigenvalue weighted by Gasteiger charge is -2.17. The van der Waals surface area contributed by atoms with E-state index in [1.165, 1.54) is 12.3 Å². The lowest BCUT2D eigenvalue weighted by molar-refractivity contribution is -0.473. The minimum Gasteiger partial charge on any atom is -0.437 e. The number of aromatic nitrogens is 2. The van der Waals surface area contributed by atoms with Gasteiger partial charge in [-0.25, -0.2) is 23.2 Å². The average Bonchev–Trinajstić information content (AvgIpc) is 2.93. The van der Waals surface area contributed by atoms with Crippen molar-refractivity contribution < 1.29 is 47.6 Å². The maximum Gasteiger partial charge on any atom is 0.504 e. The summed E-state index contributed by atoms with van der Waals surface area (Å²) in [4.78, 5) is 40.9. The van der Waals surface area contributed by atoms with Gasteiger partial charge in [-0.3, -0.25) is 9.36 Å². The Morgan fingerprint density at radius 1 is 1.45 bits per heavy atom. The number of hydrogen-bond acceptors (Lipinski definition) is 12. The van der Waals surface area contributed by atoms with Crippen LogP contribution in [0.5, 0.6) is 0 Å². The fraction of sp³-hybridized carbons (Fsp3) is 0.667. The summed E-state index contributed by atoms with van der Waals surface area (Å²) in [6.45, 7) is 3.37. The highest BCUT2D eigenvalue weighted by molar-refractivity contribution is 8.00. The van der Waals surface area contributed by atoms with E-state index in [9.17, 15) is 28.5 Å². The Morgan fingerprint density at radius 2 is 2.13 bits per heavy atom. The van der Waals surface area contributed by atoms with Crippen LogP contribution in [0.2, 0.25) is 0 Å². The zero-order chi connectivity index (χ0) is 23.4. The van der Waals surface area contributed by atoms with Crippen LogP contribution in [0, 0.1) is 5.41 Å². The molecular formula is C15H23FN3O10PS. The number of esters is 1. The molecular weight excluding hydrogens is 464 g/mol. The molecule has 0 radical (unpaired) electrons. The lowest BCUT2D eigenvalue weighted by atomic mass is 9.98. The molecule has 0 saturated carbocycles. The smallest absolute Gasteiger partial charge is 0.437 e. The zero-order valence-electron chi connectivity index (χ0n) is 16.7. The second-order valence-corrected chi connectivity index (χ2v) is 10.1. The van der Waals surface area contributed by atoms with Crippen LogP contribution in [-0.4, -0.2) is 56.4 Å². The third kappa shape index (κ3) is 7.22. The van der Waals surface area contributed by atoms with Gasteiger partial charge in [0.15, 0.2) is 6.17 Å². The third-order valence-electron chi connectivity index (χ3n) is 3.84. The van der Waals surface area contributed by atoms with Gasteiger partial charge in [-0.05, 0) is 26.8 Å². The molecule has 5 atom stereocenters. The van der Waals surface area contributed by atoms with Gasteiger partial charge >= 0.3 is 19.5 Å². The number of aliphatic hydroxyl groups is 1. The minimum absolute atomic E-state index is 0.0329. The highest BCUT2D eigenvalue weighted by Crippen LogP contribution is 2.45. The number of phosphoric acid groups is 1. The van der Waals surface area contributed by atoms with Crippen LogP contribution < -0.4 is 11.4 Å². The molecule has 0 bridgehead atoms. The van der Waals surface area contributed by atoms with Gasteiger partial charge in [0, 0.05) is 6.20 Å². The fourth-order valence-corrected chi connectivity index (χ4v) is 3.98. The summed E-state index contributed by atoms with van der Waals surface area (Å²) in [7, 11) is -4.79. The normalized spacial score (nSPS) is 25.9. The molecule has 16 heteroatoms. The van der Waals surface area contributed by atoms with Gasteiger partial charge in [-0.15, -0.1) is 11.8 Å². The number of carbonyl (C=O) groups excluding carboxylic acids is 1. The van der Waals surface area contributed by atoms with E-state index in [4.69, 9.17) is 5.73 Å². The third-order valence-corrected chi connectivity index (χ3v) is 6.05. The topological polar surface area (TPSA) is 182 Å². The van der Waals surface area contributed by atoms with E-state index in [1.807, 2.05) is 0 Å². The maximum absolute atomic E-state index is 14.4. The number of nitrogens with two attached hydrogens (primary N) is 1. The maximum atomic E-state index is 14.4. The average molecular weight is 487 g/mol. The van der Waals surface area contributed by atoms with E-state index in [-0.39, 0.29) is 5.82 Å². The Balaban J connectivity index is 1.78. The van der Waals surface area contributed by atoms with Crippen molar-refractivity contribution in [1.29, 1.82) is 0 Å². The molecule has 4 N–H and O–H groups in total. The summed E-state index contributed by atoms with van der Waals surface area (Å²) in [6, 6.07) is 1.30. The molecule has 0 amide bonds. The van der Waals surface area contributed by atoms with Gasteiger partial charge < -0.3 is 20.5 Å². The summed E-state index contributed by atoms with van der Waals surface area (Å²) in [5.41, 5.74) is 3.76. The first-order valence-corrected chi connectivity index (χ1v) is 11.2. The van der Waals surface area contributed by atoms with Gasteiger partial charge in [-0.1, -0.05) is 9.71 Å². The number of anilines is 1. The van der Waals surface area contributed by atoms with Crippen LogP contribution in [0.3, 0.4) is 0 Å². The van der Waals surface area contributed by atoms with Crippen LogP contribution >= 0.6 is 19.6 Å². The second kappa shape index (κ2) is 10.4. The van der Waals surface area contributed by atoms with Crippen LogP contribution in [0.15, 0.2) is 17.1 Å². The molecule has 0 spiro atoms. The molecule has 0 aliphatic carbocycles. The Labute approximate surface area is 180 Å². The summed E-state index contributed by atoms with van der Waals surface area (Å²) in [5, 5.41) is 12.1. The molecule has 2 heterocycles. The number of thioether (sulfide) groups is 1. The number of aliphatic hydroxyl groups excluding tert-OH is 1. The van der Waals surface area contributed by atoms with Gasteiger partial charge in [0.25, 0.3) is 0 Å². The van der Waals surface area contributed by atoms with Crippen molar-refractivity contribution in [2.75, 3.05) is 19.1 Å². The molecule has 31 heavy (non-hydrogen) atoms. The van der Waals surface area contributed by atoms with E-state index < -0.39 is 61.2 Å². The summed E-state index contributed by atoms with van der Waals surface area (Å²) in [5.74, 6) is -0.711. The molecule has 1 fully saturated rings. The minimum atomic E-state index is -4.79. The van der Waals surface area contributed by atoms with Crippen LogP contribution in [0.4, 0.5) is 10.2 Å². The zero-order valence-corrected chi connectivity index (χ0v) is 18.5. The molecule has 2 rings (SSSR count). The van der Waals surface area contributed by atoms with Gasteiger partial charge in [-0.2, -0.15) is 4.98 Å². The van der Waals surface area contributed by atoms with Crippen molar-refractivity contribution in [2.24, 2.45) is 5.41 Å². The molecule has 1 aromatic heterocycles. The Kier molecular flexibility index (Phi) is 8.58. The number of nitrogens with zero attached hydrogens (tertiary/aromatic N) is 2. The van der Waals surface area contributed by atoms with E-state index in [1.54, 1.807) is 20.8 Å². The number of carbonyl (C=O) groups is 1. The molecule has 1 aliphatic rings. The predicted octanol–water partition coefficient (Wildman–Crippen LogP) is 0.682. The molecule has 1 saturated heterocycles. The number of ether oxygens (including phenoxy) is 1. The van der Waals surface area contributed by atoms with Crippen molar-refractivity contribution in [2.45, 2.75) is 43.7 Å². The number of nitrogen functional groups attached to an aromatic ring is 1. The summed E-state index contributed by atoms with van der Waals surface area (Å²) >= 11 is 0.854. The van der Waals surface area contributed by atoms with Crippen molar-refractivity contribution in [3.63, 3.8) is 0 Å². The lowest BCUT2D eigenvalue weighted by Crippen LogP contribution is -2.33. The molecule has 1 unspecified atom stereocenters. The number of alkyl halides is 1. The van der Waals surface area contributed by atoms with Gasteiger partial charge in [0.1, 0.15) is 17.3 Å². The first kappa shape index (κ1) is 25.7. The molecule has 1 aliphatic heterocycles. The Morgan fingerprint density at radius 3 is 2.74 bits per heavy atom. The van der Waals surface area contributed by atoms with Gasteiger partial charge in [0.05, 0.1) is 17.3 Å². The Bertz CT molecular complexity index is 881. The van der Waals surface area contributed by atoms with E-state index >= 15 is 0 Å². The van der Waals surface area contributed by atoms with Crippen molar-refractivity contribution in [3.05, 3.63) is 22.7 Å². The monoisotopic (exact) mass is 487 g/mol. The first-order chi connectivity index (χ1) is 14.3. The van der Waals surface area contributed by atoms with Crippen LogP contribution in [0.25, 0.3) is 0 Å². The quantitative estimate of drug-likeness (QED) is 0.111. The van der Waals surface area contributed by atoms with Crippen molar-refractivity contribution >= 4 is 31.4 Å². The van der Waals surface area contributed by atoms with Crippen LogP contribution in [-0.2, 0) is 33.2 Å². The molecule has 13 nitrogen and oxygen atoms in total. The number of halogens is 1. The Hall–Kier alpha value is -1.58. The van der Waals surface area contributed by atoms with Crippen molar-refractivity contribution in [1.82, 2.24) is 9.55 Å². The molecule has 176 valence electrons. The number of phosphoric ester groups is 1. The highest BCUT2D eigenvalue weighted by atomic mass is 32.2. The van der Waals surface area contributed by atoms with Gasteiger partial charge in [0.2, 0.25) is 6.79 Å². The van der Waals surface area contributed by atoms with E-state index in [2.05, 4.69) is 28.8 Å².